The first-order valence-corrected chi connectivity index (χ1v) is 6.79. The second-order valence-corrected chi connectivity index (χ2v) is 5.46. The molecule has 1 fully saturated rings. The summed E-state index contributed by atoms with van der Waals surface area (Å²) in [6, 6.07) is 4.10. The summed E-state index contributed by atoms with van der Waals surface area (Å²) in [5.74, 6) is 1.53. The summed E-state index contributed by atoms with van der Waals surface area (Å²) in [4.78, 5) is 2.27. The predicted octanol–water partition coefficient (Wildman–Crippen LogP) is 1.76. The number of likely N-dealkylation sites (N-methyl/N-ethyl adjacent to an activating group) is 1. The van der Waals surface area contributed by atoms with Gasteiger partial charge in [0.05, 0.1) is 18.4 Å². The van der Waals surface area contributed by atoms with Gasteiger partial charge < -0.3 is 15.3 Å². The molecule has 0 spiro atoms. The van der Waals surface area contributed by atoms with Crippen LogP contribution in [0.2, 0.25) is 0 Å². The van der Waals surface area contributed by atoms with Gasteiger partial charge in [-0.05, 0) is 44.4 Å². The van der Waals surface area contributed by atoms with Crippen LogP contribution in [-0.2, 0) is 0 Å². The first kappa shape index (κ1) is 13.6. The van der Waals surface area contributed by atoms with Gasteiger partial charge in [-0.2, -0.15) is 0 Å². The molecule has 1 aromatic rings. The molecule has 1 aliphatic rings. The smallest absolute Gasteiger partial charge is 0.122 e. The zero-order valence-electron chi connectivity index (χ0n) is 11.2. The van der Waals surface area contributed by atoms with Crippen LogP contribution in [0.3, 0.4) is 0 Å². The lowest BCUT2D eigenvalue weighted by Gasteiger charge is -2.38. The van der Waals surface area contributed by atoms with Crippen molar-refractivity contribution in [3.63, 3.8) is 0 Å². The number of aliphatic hydroxyl groups excluding tert-OH is 1. The fourth-order valence-corrected chi connectivity index (χ4v) is 2.81. The van der Waals surface area contributed by atoms with Crippen molar-refractivity contribution in [2.24, 2.45) is 11.7 Å². The molecule has 2 atom stereocenters. The monoisotopic (exact) mass is 252 g/mol. The van der Waals surface area contributed by atoms with E-state index < -0.39 is 0 Å². The van der Waals surface area contributed by atoms with Crippen molar-refractivity contribution in [3.05, 3.63) is 24.2 Å². The molecule has 1 aliphatic carbocycles. The average molecular weight is 252 g/mol. The molecule has 102 valence electrons. The van der Waals surface area contributed by atoms with E-state index in [-0.39, 0.29) is 18.2 Å². The number of hydrogen-bond acceptors (Lipinski definition) is 4. The van der Waals surface area contributed by atoms with Gasteiger partial charge in [-0.15, -0.1) is 0 Å². The van der Waals surface area contributed by atoms with Crippen molar-refractivity contribution in [3.8, 4) is 0 Å². The van der Waals surface area contributed by atoms with Crippen LogP contribution in [0.1, 0.15) is 38.0 Å². The number of nitrogens with two attached hydrogens (primary N) is 1. The van der Waals surface area contributed by atoms with E-state index >= 15 is 0 Å². The third kappa shape index (κ3) is 2.94. The Bertz CT molecular complexity index is 347. The van der Waals surface area contributed by atoms with Gasteiger partial charge in [0.25, 0.3) is 0 Å². The zero-order chi connectivity index (χ0) is 13.1. The Hall–Kier alpha value is -0.840. The Kier molecular flexibility index (Phi) is 4.43. The predicted molar refractivity (Wildman–Crippen MR) is 71.1 cm³/mol. The minimum absolute atomic E-state index is 0.0751. The Morgan fingerprint density at radius 3 is 2.78 bits per heavy atom. The van der Waals surface area contributed by atoms with E-state index in [0.717, 1.165) is 31.6 Å². The van der Waals surface area contributed by atoms with Crippen molar-refractivity contribution in [1.82, 2.24) is 4.90 Å². The molecule has 0 saturated heterocycles. The molecule has 2 unspecified atom stereocenters. The molecule has 4 nitrogen and oxygen atoms in total. The van der Waals surface area contributed by atoms with Gasteiger partial charge in [0.15, 0.2) is 0 Å². The van der Waals surface area contributed by atoms with Gasteiger partial charge in [0, 0.05) is 12.6 Å². The SMILES string of the molecule is CCC(N)C(c1ccco1)N(C)CC1CC(O)C1. The van der Waals surface area contributed by atoms with Gasteiger partial charge in [0.2, 0.25) is 0 Å². The first-order chi connectivity index (χ1) is 8.61. The van der Waals surface area contributed by atoms with Gasteiger partial charge in [-0.25, -0.2) is 0 Å². The van der Waals surface area contributed by atoms with Crippen molar-refractivity contribution < 1.29 is 9.52 Å². The molecule has 4 heteroatoms. The van der Waals surface area contributed by atoms with Crippen molar-refractivity contribution >= 4 is 0 Å². The van der Waals surface area contributed by atoms with Crippen LogP contribution < -0.4 is 5.73 Å². The van der Waals surface area contributed by atoms with Crippen LogP contribution in [0.5, 0.6) is 0 Å². The van der Waals surface area contributed by atoms with Crippen LogP contribution in [-0.4, -0.2) is 35.7 Å². The summed E-state index contributed by atoms with van der Waals surface area (Å²) >= 11 is 0. The number of aliphatic hydroxyl groups is 1. The third-order valence-corrected chi connectivity index (χ3v) is 3.94. The molecule has 2 rings (SSSR count). The van der Waals surface area contributed by atoms with E-state index in [1.165, 1.54) is 0 Å². The van der Waals surface area contributed by atoms with Crippen LogP contribution in [0.15, 0.2) is 22.8 Å². The third-order valence-electron chi connectivity index (χ3n) is 3.94. The molecule has 0 aliphatic heterocycles. The van der Waals surface area contributed by atoms with Gasteiger partial charge in [-0.1, -0.05) is 6.92 Å². The van der Waals surface area contributed by atoms with Gasteiger partial charge in [0.1, 0.15) is 5.76 Å². The maximum absolute atomic E-state index is 9.35. The molecule has 0 aromatic carbocycles. The Morgan fingerprint density at radius 2 is 2.28 bits per heavy atom. The number of nitrogens with zero attached hydrogens (tertiary/aromatic N) is 1. The molecule has 0 radical (unpaired) electrons. The molecular weight excluding hydrogens is 228 g/mol. The quantitative estimate of drug-likeness (QED) is 0.810. The van der Waals surface area contributed by atoms with Gasteiger partial charge >= 0.3 is 0 Å². The van der Waals surface area contributed by atoms with Crippen molar-refractivity contribution in [2.45, 2.75) is 44.4 Å². The van der Waals surface area contributed by atoms with Crippen molar-refractivity contribution in [2.75, 3.05) is 13.6 Å². The van der Waals surface area contributed by atoms with Crippen molar-refractivity contribution in [1.29, 1.82) is 0 Å². The van der Waals surface area contributed by atoms with E-state index in [4.69, 9.17) is 10.2 Å². The van der Waals surface area contributed by atoms with Gasteiger partial charge in [-0.3, -0.25) is 4.90 Å². The van der Waals surface area contributed by atoms with Crippen LogP contribution in [0.4, 0.5) is 0 Å². The Morgan fingerprint density at radius 1 is 1.56 bits per heavy atom. The highest BCUT2D eigenvalue weighted by atomic mass is 16.3. The minimum atomic E-state index is -0.0923. The summed E-state index contributed by atoms with van der Waals surface area (Å²) < 4.78 is 5.52. The molecule has 1 heterocycles. The molecule has 3 N–H and O–H groups in total. The highest BCUT2D eigenvalue weighted by Crippen LogP contribution is 2.31. The minimum Gasteiger partial charge on any atom is -0.468 e. The van der Waals surface area contributed by atoms with Crippen LogP contribution in [0.25, 0.3) is 0 Å². The summed E-state index contributed by atoms with van der Waals surface area (Å²) in [7, 11) is 2.09. The lowest BCUT2D eigenvalue weighted by Crippen LogP contribution is -2.43. The van der Waals surface area contributed by atoms with E-state index in [1.807, 2.05) is 12.1 Å². The zero-order valence-corrected chi connectivity index (χ0v) is 11.2. The molecule has 1 saturated carbocycles. The normalized spacial score (nSPS) is 26.9. The lowest BCUT2D eigenvalue weighted by molar-refractivity contribution is 0.0178. The maximum Gasteiger partial charge on any atom is 0.122 e. The number of hydrogen-bond donors (Lipinski definition) is 2. The fourth-order valence-electron chi connectivity index (χ4n) is 2.81. The van der Waals surface area contributed by atoms with E-state index in [2.05, 4.69) is 18.9 Å². The summed E-state index contributed by atoms with van der Waals surface area (Å²) in [6.07, 6.45) is 4.35. The van der Waals surface area contributed by atoms with E-state index in [1.54, 1.807) is 6.26 Å². The highest BCUT2D eigenvalue weighted by Gasteiger charge is 2.32. The number of furan rings is 1. The van der Waals surface area contributed by atoms with Crippen LogP contribution >= 0.6 is 0 Å². The maximum atomic E-state index is 9.35. The summed E-state index contributed by atoms with van der Waals surface area (Å²) in [6.45, 7) is 3.07. The summed E-state index contributed by atoms with van der Waals surface area (Å²) in [5.41, 5.74) is 6.22. The topological polar surface area (TPSA) is 62.6 Å². The molecule has 18 heavy (non-hydrogen) atoms. The van der Waals surface area contributed by atoms with E-state index in [0.29, 0.717) is 5.92 Å². The molecular formula is C14H24N2O2. The Balaban J connectivity index is 1.99. The largest absolute Gasteiger partial charge is 0.468 e. The second-order valence-electron chi connectivity index (χ2n) is 5.46. The highest BCUT2D eigenvalue weighted by molar-refractivity contribution is 5.07. The lowest BCUT2D eigenvalue weighted by atomic mass is 9.82. The molecule has 1 aromatic heterocycles. The molecule has 0 amide bonds. The van der Waals surface area contributed by atoms with E-state index in [9.17, 15) is 5.11 Å². The first-order valence-electron chi connectivity index (χ1n) is 6.79. The number of rotatable bonds is 6. The second kappa shape index (κ2) is 5.87. The summed E-state index contributed by atoms with van der Waals surface area (Å²) in [5, 5.41) is 9.35. The van der Waals surface area contributed by atoms with Crippen LogP contribution in [0, 0.1) is 5.92 Å². The fraction of sp³-hybridized carbons (Fsp3) is 0.714. The average Bonchev–Trinajstić information content (AvgIpc) is 2.80. The Labute approximate surface area is 109 Å². The standard InChI is InChI=1S/C14H24N2O2/c1-3-12(15)14(13-5-4-6-18-13)16(2)9-10-7-11(17)8-10/h4-6,10-12,14,17H,3,7-9,15H2,1-2H3. The molecule has 0 bridgehead atoms.